The van der Waals surface area contributed by atoms with Crippen LogP contribution < -0.4 is 15.4 Å². The van der Waals surface area contributed by atoms with Crippen LogP contribution in [0.3, 0.4) is 0 Å². The fourth-order valence-electron chi connectivity index (χ4n) is 4.35. The van der Waals surface area contributed by atoms with Gasteiger partial charge in [0.15, 0.2) is 6.61 Å². The SMILES string of the molecule is O=C(COc1ccccc1)N[C@@H]1c2ccccc2C2(CCNCC2)[C@H]1O. The second-order valence-electron chi connectivity index (χ2n) is 7.09. The van der Waals surface area contributed by atoms with Gasteiger partial charge in [-0.25, -0.2) is 0 Å². The number of aliphatic hydroxyl groups excluding tert-OH is 1. The van der Waals surface area contributed by atoms with Crippen molar-refractivity contribution in [3.8, 4) is 5.75 Å². The molecule has 5 heteroatoms. The summed E-state index contributed by atoms with van der Waals surface area (Å²) >= 11 is 0. The summed E-state index contributed by atoms with van der Waals surface area (Å²) in [6, 6.07) is 17.0. The van der Waals surface area contributed by atoms with E-state index >= 15 is 0 Å². The summed E-state index contributed by atoms with van der Waals surface area (Å²) in [5.74, 6) is 0.434. The number of benzene rings is 2. The van der Waals surface area contributed by atoms with Gasteiger partial charge in [-0.15, -0.1) is 0 Å². The third-order valence-electron chi connectivity index (χ3n) is 5.64. The molecule has 2 aromatic rings. The number of aliphatic hydroxyl groups is 1. The van der Waals surface area contributed by atoms with Crippen LogP contribution in [0.15, 0.2) is 54.6 Å². The van der Waals surface area contributed by atoms with Crippen molar-refractivity contribution in [3.63, 3.8) is 0 Å². The van der Waals surface area contributed by atoms with E-state index in [0.717, 1.165) is 31.5 Å². The average Bonchev–Trinajstić information content (AvgIpc) is 2.91. The van der Waals surface area contributed by atoms with Gasteiger partial charge in [0, 0.05) is 5.41 Å². The Morgan fingerprint density at radius 2 is 1.81 bits per heavy atom. The highest BCUT2D eigenvalue weighted by Crippen LogP contribution is 2.49. The lowest BCUT2D eigenvalue weighted by atomic mass is 9.72. The topological polar surface area (TPSA) is 70.6 Å². The van der Waals surface area contributed by atoms with E-state index in [0.29, 0.717) is 5.75 Å². The van der Waals surface area contributed by atoms with E-state index in [4.69, 9.17) is 4.74 Å². The molecule has 0 aromatic heterocycles. The Bertz CT molecular complexity index is 772. The number of amides is 1. The Labute approximate surface area is 153 Å². The average molecular weight is 352 g/mol. The summed E-state index contributed by atoms with van der Waals surface area (Å²) in [5.41, 5.74) is 1.92. The Hall–Kier alpha value is -2.37. The maximum absolute atomic E-state index is 12.4. The lowest BCUT2D eigenvalue weighted by Gasteiger charge is -2.38. The Kier molecular flexibility index (Phi) is 4.66. The first-order valence-electron chi connectivity index (χ1n) is 9.16. The maximum Gasteiger partial charge on any atom is 0.258 e. The fraction of sp³-hybridized carbons (Fsp3) is 0.381. The second-order valence-corrected chi connectivity index (χ2v) is 7.09. The number of hydrogen-bond acceptors (Lipinski definition) is 4. The van der Waals surface area contributed by atoms with Crippen molar-refractivity contribution >= 4 is 5.91 Å². The molecule has 26 heavy (non-hydrogen) atoms. The maximum atomic E-state index is 12.4. The van der Waals surface area contributed by atoms with Crippen LogP contribution in [0.4, 0.5) is 0 Å². The number of hydrogen-bond donors (Lipinski definition) is 3. The highest BCUT2D eigenvalue weighted by molar-refractivity contribution is 5.78. The Morgan fingerprint density at radius 3 is 2.58 bits per heavy atom. The smallest absolute Gasteiger partial charge is 0.258 e. The molecule has 1 amide bonds. The van der Waals surface area contributed by atoms with Crippen LogP contribution in [0, 0.1) is 0 Å². The summed E-state index contributed by atoms with van der Waals surface area (Å²) in [6.07, 6.45) is 1.12. The summed E-state index contributed by atoms with van der Waals surface area (Å²) in [7, 11) is 0. The van der Waals surface area contributed by atoms with Crippen LogP contribution in [0.5, 0.6) is 5.75 Å². The van der Waals surface area contributed by atoms with Gasteiger partial charge in [0.1, 0.15) is 5.75 Å². The number of ether oxygens (including phenoxy) is 1. The van der Waals surface area contributed by atoms with Crippen molar-refractivity contribution in [1.29, 1.82) is 0 Å². The quantitative estimate of drug-likeness (QED) is 0.786. The molecule has 1 spiro atoms. The van der Waals surface area contributed by atoms with Gasteiger partial charge in [-0.1, -0.05) is 42.5 Å². The van der Waals surface area contributed by atoms with Crippen LogP contribution >= 0.6 is 0 Å². The van der Waals surface area contributed by atoms with Crippen LogP contribution in [-0.2, 0) is 10.2 Å². The molecular formula is C21H24N2O3. The molecule has 1 aliphatic heterocycles. The monoisotopic (exact) mass is 352 g/mol. The standard InChI is InChI=1S/C21H24N2O3/c24-18(14-26-15-6-2-1-3-7-15)23-19-16-8-4-5-9-17(16)21(20(19)25)10-12-22-13-11-21/h1-9,19-20,22,25H,10-14H2,(H,23,24)/t19-,20+/m1/s1. The molecule has 2 aliphatic rings. The summed E-state index contributed by atoms with van der Waals surface area (Å²) < 4.78 is 5.53. The zero-order chi connectivity index (χ0) is 18.0. The first-order chi connectivity index (χ1) is 12.7. The first kappa shape index (κ1) is 17.1. The minimum absolute atomic E-state index is 0.0655. The molecule has 136 valence electrons. The van der Waals surface area contributed by atoms with Crippen LogP contribution in [0.1, 0.15) is 30.0 Å². The van der Waals surface area contributed by atoms with Gasteiger partial charge >= 0.3 is 0 Å². The van der Waals surface area contributed by atoms with Crippen molar-refractivity contribution in [1.82, 2.24) is 10.6 Å². The van der Waals surface area contributed by atoms with Crippen molar-refractivity contribution in [2.45, 2.75) is 30.4 Å². The van der Waals surface area contributed by atoms with Crippen molar-refractivity contribution in [2.75, 3.05) is 19.7 Å². The molecule has 0 unspecified atom stereocenters. The number of fused-ring (bicyclic) bond motifs is 2. The summed E-state index contributed by atoms with van der Waals surface area (Å²) in [6.45, 7) is 1.69. The lowest BCUT2D eigenvalue weighted by molar-refractivity contribution is -0.125. The molecule has 5 nitrogen and oxygen atoms in total. The predicted octanol–water partition coefficient (Wildman–Crippen LogP) is 1.92. The zero-order valence-electron chi connectivity index (χ0n) is 14.7. The summed E-state index contributed by atoms with van der Waals surface area (Å²) in [5, 5.41) is 17.5. The Morgan fingerprint density at radius 1 is 1.12 bits per heavy atom. The molecular weight excluding hydrogens is 328 g/mol. The van der Waals surface area contributed by atoms with E-state index in [-0.39, 0.29) is 17.9 Å². The second kappa shape index (κ2) is 7.09. The van der Waals surface area contributed by atoms with Gasteiger partial charge in [-0.05, 0) is 49.2 Å². The molecule has 1 aliphatic carbocycles. The van der Waals surface area contributed by atoms with Crippen LogP contribution in [0.2, 0.25) is 0 Å². The number of carbonyl (C=O) groups is 1. The van der Waals surface area contributed by atoms with E-state index in [1.807, 2.05) is 48.5 Å². The number of piperidine rings is 1. The third kappa shape index (κ3) is 2.97. The molecule has 2 aromatic carbocycles. The molecule has 0 bridgehead atoms. The number of para-hydroxylation sites is 1. The summed E-state index contributed by atoms with van der Waals surface area (Å²) in [4.78, 5) is 12.4. The van der Waals surface area contributed by atoms with Gasteiger partial charge in [0.25, 0.3) is 5.91 Å². The number of carbonyl (C=O) groups excluding carboxylic acids is 1. The van der Waals surface area contributed by atoms with E-state index in [2.05, 4.69) is 16.7 Å². The third-order valence-corrected chi connectivity index (χ3v) is 5.64. The molecule has 3 N–H and O–H groups in total. The molecule has 4 rings (SSSR count). The highest BCUT2D eigenvalue weighted by Gasteiger charge is 2.52. The molecule has 0 radical (unpaired) electrons. The molecule has 2 atom stereocenters. The van der Waals surface area contributed by atoms with Gasteiger partial charge in [-0.2, -0.15) is 0 Å². The van der Waals surface area contributed by atoms with Crippen LogP contribution in [0.25, 0.3) is 0 Å². The minimum Gasteiger partial charge on any atom is -0.484 e. The minimum atomic E-state index is -0.623. The van der Waals surface area contributed by atoms with Crippen molar-refractivity contribution in [3.05, 3.63) is 65.7 Å². The Balaban J connectivity index is 1.50. The van der Waals surface area contributed by atoms with Gasteiger partial charge in [0.05, 0.1) is 12.1 Å². The van der Waals surface area contributed by atoms with Crippen molar-refractivity contribution in [2.24, 2.45) is 0 Å². The number of rotatable bonds is 4. The highest BCUT2D eigenvalue weighted by atomic mass is 16.5. The van der Waals surface area contributed by atoms with Gasteiger partial charge < -0.3 is 20.5 Å². The number of nitrogens with one attached hydrogen (secondary N) is 2. The fourth-order valence-corrected chi connectivity index (χ4v) is 4.35. The zero-order valence-corrected chi connectivity index (χ0v) is 14.7. The predicted molar refractivity (Wildman–Crippen MR) is 99.1 cm³/mol. The van der Waals surface area contributed by atoms with E-state index in [9.17, 15) is 9.90 Å². The first-order valence-corrected chi connectivity index (χ1v) is 9.16. The lowest BCUT2D eigenvalue weighted by Crippen LogP contribution is -2.49. The molecule has 1 saturated heterocycles. The molecule has 0 saturated carbocycles. The van der Waals surface area contributed by atoms with Crippen LogP contribution in [-0.4, -0.2) is 36.8 Å². The van der Waals surface area contributed by atoms with E-state index < -0.39 is 12.1 Å². The van der Waals surface area contributed by atoms with E-state index in [1.165, 1.54) is 5.56 Å². The van der Waals surface area contributed by atoms with E-state index in [1.54, 1.807) is 0 Å². The normalized spacial score (nSPS) is 23.4. The molecule has 1 fully saturated rings. The van der Waals surface area contributed by atoms with Gasteiger partial charge in [-0.3, -0.25) is 4.79 Å². The molecule has 1 heterocycles. The van der Waals surface area contributed by atoms with Crippen molar-refractivity contribution < 1.29 is 14.6 Å². The van der Waals surface area contributed by atoms with Gasteiger partial charge in [0.2, 0.25) is 0 Å². The largest absolute Gasteiger partial charge is 0.484 e.